The average molecular weight is 562 g/mol. The van der Waals surface area contributed by atoms with Crippen molar-refractivity contribution in [3.05, 3.63) is 52.7 Å². The molecule has 1 N–H and O–H groups in total. The van der Waals surface area contributed by atoms with Crippen molar-refractivity contribution >= 4 is 40.0 Å². The number of hydrogen-bond donors (Lipinski definition) is 1. The Morgan fingerprint density at radius 3 is 2.70 bits per heavy atom. The van der Waals surface area contributed by atoms with Crippen molar-refractivity contribution in [1.29, 1.82) is 5.26 Å². The Morgan fingerprint density at radius 2 is 1.95 bits per heavy atom. The zero-order valence-electron chi connectivity index (χ0n) is 22.5. The Morgan fingerprint density at radius 1 is 1.12 bits per heavy atom. The van der Waals surface area contributed by atoms with Gasteiger partial charge < -0.3 is 29.4 Å². The van der Waals surface area contributed by atoms with Crippen LogP contribution in [0.4, 0.5) is 16.3 Å². The van der Waals surface area contributed by atoms with Gasteiger partial charge in [-0.15, -0.1) is 0 Å². The maximum absolute atomic E-state index is 11.8. The number of rotatable bonds is 6. The number of likely N-dealkylation sites (N-methyl/N-ethyl adjacent to an activating group) is 1. The lowest BCUT2D eigenvalue weighted by Crippen LogP contribution is -2.55. The molecule has 3 aliphatic heterocycles. The molecule has 0 spiro atoms. The molecular weight excluding hydrogens is 530 g/mol. The number of carboxylic acid groups (broad SMARTS) is 1. The summed E-state index contributed by atoms with van der Waals surface area (Å²) >= 11 is 6.66. The fourth-order valence-electron chi connectivity index (χ4n) is 6.19. The molecule has 2 atom stereocenters. The number of amides is 1. The molecule has 0 aliphatic carbocycles. The van der Waals surface area contributed by atoms with E-state index < -0.39 is 12.1 Å². The van der Waals surface area contributed by atoms with Gasteiger partial charge in [0.2, 0.25) is 0 Å². The normalized spacial score (nSPS) is 21.1. The predicted molar refractivity (Wildman–Crippen MR) is 153 cm³/mol. The maximum Gasteiger partial charge on any atom is 0.407 e. The molecular formula is C29H32ClN7O3. The van der Waals surface area contributed by atoms with Crippen molar-refractivity contribution in [3.8, 4) is 12.1 Å². The van der Waals surface area contributed by atoms with Gasteiger partial charge in [0, 0.05) is 48.9 Å². The molecule has 11 heteroatoms. The number of carbonyl (C=O) groups is 1. The molecule has 40 heavy (non-hydrogen) atoms. The topological polar surface area (TPSA) is 109 Å². The molecule has 2 unspecified atom stereocenters. The number of benzene rings is 2. The summed E-state index contributed by atoms with van der Waals surface area (Å²) in [7, 11) is 2.11. The van der Waals surface area contributed by atoms with Gasteiger partial charge in [0.25, 0.3) is 0 Å². The van der Waals surface area contributed by atoms with Gasteiger partial charge in [0.15, 0.2) is 0 Å². The highest BCUT2D eigenvalue weighted by molar-refractivity contribution is 6.36. The molecule has 1 aromatic heterocycles. The highest BCUT2D eigenvalue weighted by Crippen LogP contribution is 2.39. The molecule has 0 saturated carbocycles. The Balaban J connectivity index is 1.35. The minimum atomic E-state index is -1.00. The molecule has 3 aromatic rings. The van der Waals surface area contributed by atoms with E-state index in [9.17, 15) is 15.2 Å². The second-order valence-corrected chi connectivity index (χ2v) is 11.2. The summed E-state index contributed by atoms with van der Waals surface area (Å²) in [6.45, 7) is 3.89. The first-order valence-electron chi connectivity index (χ1n) is 13.7. The predicted octanol–water partition coefficient (Wildman–Crippen LogP) is 4.36. The molecule has 10 nitrogen and oxygen atoms in total. The maximum atomic E-state index is 11.8. The number of likely N-dealkylation sites (tertiary alicyclic amines) is 1. The minimum Gasteiger partial charge on any atom is -0.465 e. The molecule has 2 saturated heterocycles. The number of hydrogen-bond acceptors (Lipinski definition) is 8. The number of aromatic nitrogens is 2. The summed E-state index contributed by atoms with van der Waals surface area (Å²) in [6.07, 6.45) is 1.35. The first-order chi connectivity index (χ1) is 19.4. The molecule has 208 valence electrons. The van der Waals surface area contributed by atoms with Crippen LogP contribution in [0.15, 0.2) is 36.4 Å². The minimum absolute atomic E-state index is 0.119. The van der Waals surface area contributed by atoms with Crippen LogP contribution in [0.1, 0.15) is 30.5 Å². The first kappa shape index (κ1) is 26.4. The lowest BCUT2D eigenvalue weighted by molar-refractivity contribution is 0.119. The van der Waals surface area contributed by atoms with Gasteiger partial charge >= 0.3 is 12.1 Å². The third-order valence-electron chi connectivity index (χ3n) is 8.34. The van der Waals surface area contributed by atoms with Gasteiger partial charge in [-0.1, -0.05) is 35.9 Å². The van der Waals surface area contributed by atoms with Gasteiger partial charge in [0.1, 0.15) is 12.4 Å². The molecule has 2 fully saturated rings. The van der Waals surface area contributed by atoms with Crippen molar-refractivity contribution in [1.82, 2.24) is 19.8 Å². The summed E-state index contributed by atoms with van der Waals surface area (Å²) in [5.74, 6) is 0.751. The van der Waals surface area contributed by atoms with Gasteiger partial charge in [-0.05, 0) is 44.0 Å². The second kappa shape index (κ2) is 11.0. The van der Waals surface area contributed by atoms with E-state index in [2.05, 4.69) is 46.0 Å². The number of anilines is 2. The van der Waals surface area contributed by atoms with E-state index >= 15 is 0 Å². The smallest absolute Gasteiger partial charge is 0.407 e. The summed E-state index contributed by atoms with van der Waals surface area (Å²) in [6, 6.07) is 14.5. The van der Waals surface area contributed by atoms with Gasteiger partial charge in [-0.3, -0.25) is 0 Å². The van der Waals surface area contributed by atoms with Crippen molar-refractivity contribution in [3.63, 3.8) is 0 Å². The standard InChI is InChI=1S/C29H32ClN7O3/c1-34-12-4-7-21(34)18-40-28-32-24-17-36(25-9-3-6-19-5-2-8-23(30)26(19)25)16-22(24)27(33-28)35-13-14-37(29(38)39)20(15-35)10-11-31/h2-3,5-6,8-9,20-21H,4,7,10,12-18H2,1H3,(H,38,39). The van der Waals surface area contributed by atoms with Crippen LogP contribution in [0.3, 0.4) is 0 Å². The lowest BCUT2D eigenvalue weighted by Gasteiger charge is -2.40. The number of nitriles is 1. The Bertz CT molecular complexity index is 1470. The average Bonchev–Trinajstić information content (AvgIpc) is 3.57. The van der Waals surface area contributed by atoms with E-state index in [4.69, 9.17) is 26.3 Å². The van der Waals surface area contributed by atoms with E-state index in [1.165, 1.54) is 4.90 Å². The van der Waals surface area contributed by atoms with E-state index in [1.54, 1.807) is 0 Å². The summed E-state index contributed by atoms with van der Waals surface area (Å²) < 4.78 is 6.19. The van der Waals surface area contributed by atoms with Crippen LogP contribution < -0.4 is 14.5 Å². The van der Waals surface area contributed by atoms with Crippen LogP contribution in [-0.4, -0.2) is 82.9 Å². The highest BCUT2D eigenvalue weighted by atomic mass is 35.5. The van der Waals surface area contributed by atoms with E-state index in [0.717, 1.165) is 52.9 Å². The largest absolute Gasteiger partial charge is 0.465 e. The zero-order chi connectivity index (χ0) is 27.8. The van der Waals surface area contributed by atoms with E-state index in [1.807, 2.05) is 18.2 Å². The molecule has 4 heterocycles. The summed E-state index contributed by atoms with van der Waals surface area (Å²) in [5.41, 5.74) is 2.91. The number of fused-ring (bicyclic) bond motifs is 2. The quantitative estimate of drug-likeness (QED) is 0.469. The van der Waals surface area contributed by atoms with Crippen LogP contribution in [0, 0.1) is 11.3 Å². The van der Waals surface area contributed by atoms with Crippen molar-refractivity contribution in [2.24, 2.45) is 0 Å². The fourth-order valence-corrected chi connectivity index (χ4v) is 6.47. The molecule has 0 bridgehead atoms. The number of piperazine rings is 1. The Kier molecular flexibility index (Phi) is 7.26. The van der Waals surface area contributed by atoms with E-state index in [-0.39, 0.29) is 6.42 Å². The SMILES string of the molecule is CN1CCCC1COc1nc2c(c(N3CCN(C(=O)O)C(CC#N)C3)n1)CN(c1cccc3cccc(Cl)c13)C2. The molecule has 3 aliphatic rings. The van der Waals surface area contributed by atoms with Crippen LogP contribution in [-0.2, 0) is 13.1 Å². The number of ether oxygens (including phenoxy) is 1. The fraction of sp³-hybridized carbons (Fsp3) is 0.448. The molecule has 2 aromatic carbocycles. The number of nitrogens with zero attached hydrogens (tertiary/aromatic N) is 7. The van der Waals surface area contributed by atoms with Gasteiger partial charge in [-0.2, -0.15) is 15.2 Å². The van der Waals surface area contributed by atoms with Crippen molar-refractivity contribution in [2.75, 3.05) is 49.6 Å². The van der Waals surface area contributed by atoms with Crippen LogP contribution in [0.5, 0.6) is 6.01 Å². The third kappa shape index (κ3) is 4.95. The summed E-state index contributed by atoms with van der Waals surface area (Å²) in [5, 5.41) is 21.8. The highest BCUT2D eigenvalue weighted by Gasteiger charge is 2.35. The summed E-state index contributed by atoms with van der Waals surface area (Å²) in [4.78, 5) is 29.6. The van der Waals surface area contributed by atoms with Crippen molar-refractivity contribution < 1.29 is 14.6 Å². The first-order valence-corrected chi connectivity index (χ1v) is 14.1. The molecule has 1 amide bonds. The third-order valence-corrected chi connectivity index (χ3v) is 8.66. The van der Waals surface area contributed by atoms with Crippen LogP contribution in [0.2, 0.25) is 5.02 Å². The van der Waals surface area contributed by atoms with E-state index in [0.29, 0.717) is 56.4 Å². The second-order valence-electron chi connectivity index (χ2n) is 10.8. The molecule has 0 radical (unpaired) electrons. The monoisotopic (exact) mass is 561 g/mol. The lowest BCUT2D eigenvalue weighted by atomic mass is 10.1. The van der Waals surface area contributed by atoms with Gasteiger partial charge in [0.05, 0.1) is 35.8 Å². The number of halogens is 1. The zero-order valence-corrected chi connectivity index (χ0v) is 23.2. The van der Waals surface area contributed by atoms with Crippen molar-refractivity contribution in [2.45, 2.75) is 44.4 Å². The van der Waals surface area contributed by atoms with Crippen LogP contribution >= 0.6 is 11.6 Å². The van der Waals surface area contributed by atoms with Gasteiger partial charge in [-0.25, -0.2) is 4.79 Å². The Labute approximate surface area is 238 Å². The Hall–Kier alpha value is -3.81. The molecule has 6 rings (SSSR count). The van der Waals surface area contributed by atoms with Crippen LogP contribution in [0.25, 0.3) is 10.8 Å².